The second-order valence-corrected chi connectivity index (χ2v) is 9.76. The number of ether oxygens (including phenoxy) is 1. The van der Waals surface area contributed by atoms with E-state index in [9.17, 15) is 18.0 Å². The molecule has 3 amide bonds. The summed E-state index contributed by atoms with van der Waals surface area (Å²) in [5.41, 5.74) is 1.94. The van der Waals surface area contributed by atoms with E-state index in [1.54, 1.807) is 47.3 Å². The number of carbonyl (C=O) groups excluding carboxylic acids is 1. The van der Waals surface area contributed by atoms with Gasteiger partial charge in [-0.2, -0.15) is 0 Å². The van der Waals surface area contributed by atoms with Crippen LogP contribution in [0.5, 0.6) is 5.75 Å². The van der Waals surface area contributed by atoms with Crippen LogP contribution in [0.2, 0.25) is 0 Å². The van der Waals surface area contributed by atoms with Crippen LogP contribution in [0.1, 0.15) is 17.4 Å². The fourth-order valence-electron chi connectivity index (χ4n) is 3.88. The van der Waals surface area contributed by atoms with Gasteiger partial charge in [0.1, 0.15) is 16.5 Å². The molecule has 4 N–H and O–H groups in total. The molecular weight excluding hydrogens is 510 g/mol. The highest BCUT2D eigenvalue weighted by Crippen LogP contribution is 2.24. The molecule has 0 saturated carbocycles. The SMILES string of the molecule is COc1ccccc1S(=O)(=O)NC(=O)NC(Cc1ccccc1)c1nccn1-c1ccc(NC(=O)O)cc1. The number of urea groups is 1. The molecule has 0 radical (unpaired) electrons. The number of para-hydroxylation sites is 1. The van der Waals surface area contributed by atoms with Gasteiger partial charge in [0, 0.05) is 23.8 Å². The number of methoxy groups -OCH3 is 1. The summed E-state index contributed by atoms with van der Waals surface area (Å²) in [5.74, 6) is 0.544. The molecule has 4 rings (SSSR count). The number of nitrogens with one attached hydrogen (secondary N) is 3. The van der Waals surface area contributed by atoms with E-state index in [-0.39, 0.29) is 10.6 Å². The standard InChI is InChI=1S/C26H25N5O6S/c1-37-22-9-5-6-10-23(22)38(35,36)30-25(32)29-21(17-18-7-3-2-4-8-18)24-27-15-16-31(24)20-13-11-19(12-14-20)28-26(33)34/h2-16,21,28H,17H2,1H3,(H,33,34)(H2,29,30,32). The van der Waals surface area contributed by atoms with Crippen molar-refractivity contribution in [2.24, 2.45) is 0 Å². The highest BCUT2D eigenvalue weighted by Gasteiger charge is 2.26. The lowest BCUT2D eigenvalue weighted by Crippen LogP contribution is -2.42. The van der Waals surface area contributed by atoms with Crippen molar-refractivity contribution in [3.05, 3.63) is 103 Å². The first-order chi connectivity index (χ1) is 18.3. The van der Waals surface area contributed by atoms with Crippen LogP contribution in [0, 0.1) is 0 Å². The van der Waals surface area contributed by atoms with E-state index in [2.05, 4.69) is 20.3 Å². The monoisotopic (exact) mass is 535 g/mol. The second-order valence-electron chi connectivity index (χ2n) is 8.10. The molecule has 3 aromatic carbocycles. The summed E-state index contributed by atoms with van der Waals surface area (Å²) < 4.78 is 34.8. The van der Waals surface area contributed by atoms with Crippen LogP contribution in [0.4, 0.5) is 15.3 Å². The number of imidazole rings is 1. The number of rotatable bonds is 9. The third-order valence-corrected chi connectivity index (χ3v) is 6.92. The minimum Gasteiger partial charge on any atom is -0.495 e. The van der Waals surface area contributed by atoms with Crippen LogP contribution in [-0.2, 0) is 16.4 Å². The lowest BCUT2D eigenvalue weighted by atomic mass is 10.1. The van der Waals surface area contributed by atoms with Gasteiger partial charge < -0.3 is 19.7 Å². The molecule has 0 saturated heterocycles. The molecule has 1 unspecified atom stereocenters. The molecule has 0 bridgehead atoms. The lowest BCUT2D eigenvalue weighted by molar-refractivity contribution is 0.209. The van der Waals surface area contributed by atoms with E-state index in [0.29, 0.717) is 23.6 Å². The first-order valence-corrected chi connectivity index (χ1v) is 12.9. The average molecular weight is 536 g/mol. The third-order valence-electron chi connectivity index (χ3n) is 5.55. The summed E-state index contributed by atoms with van der Waals surface area (Å²) >= 11 is 0. The number of aromatic nitrogens is 2. The molecular formula is C26H25N5O6S. The van der Waals surface area contributed by atoms with Crippen LogP contribution < -0.4 is 20.1 Å². The van der Waals surface area contributed by atoms with Gasteiger partial charge in [-0.05, 0) is 48.4 Å². The van der Waals surface area contributed by atoms with E-state index in [0.717, 1.165) is 5.56 Å². The van der Waals surface area contributed by atoms with Crippen molar-refractivity contribution in [1.82, 2.24) is 19.6 Å². The fraction of sp³-hybridized carbons (Fsp3) is 0.115. The van der Waals surface area contributed by atoms with Crippen LogP contribution >= 0.6 is 0 Å². The van der Waals surface area contributed by atoms with Crippen molar-refractivity contribution in [2.75, 3.05) is 12.4 Å². The van der Waals surface area contributed by atoms with Gasteiger partial charge in [0.25, 0.3) is 10.0 Å². The quantitative estimate of drug-likeness (QED) is 0.253. The number of carbonyl (C=O) groups is 2. The largest absolute Gasteiger partial charge is 0.495 e. The maximum absolute atomic E-state index is 13.0. The van der Waals surface area contributed by atoms with E-state index in [1.165, 1.54) is 25.3 Å². The molecule has 4 aromatic rings. The Morgan fingerprint density at radius 3 is 2.37 bits per heavy atom. The molecule has 0 fully saturated rings. The van der Waals surface area contributed by atoms with Gasteiger partial charge in [0.05, 0.1) is 13.2 Å². The molecule has 1 atom stereocenters. The Balaban J connectivity index is 1.62. The van der Waals surface area contributed by atoms with Crippen molar-refractivity contribution in [3.8, 4) is 11.4 Å². The summed E-state index contributed by atoms with van der Waals surface area (Å²) in [7, 11) is -2.89. The number of carboxylic acid groups (broad SMARTS) is 1. The molecule has 0 spiro atoms. The summed E-state index contributed by atoms with van der Waals surface area (Å²) in [6.45, 7) is 0. The number of hydrogen-bond donors (Lipinski definition) is 4. The summed E-state index contributed by atoms with van der Waals surface area (Å²) in [4.78, 5) is 28.1. The Morgan fingerprint density at radius 2 is 1.68 bits per heavy atom. The third kappa shape index (κ3) is 6.28. The minimum absolute atomic E-state index is 0.102. The number of nitrogens with zero attached hydrogens (tertiary/aromatic N) is 2. The predicted molar refractivity (Wildman–Crippen MR) is 140 cm³/mol. The fourth-order valence-corrected chi connectivity index (χ4v) is 4.97. The Morgan fingerprint density at radius 1 is 1.00 bits per heavy atom. The number of amides is 3. The van der Waals surface area contributed by atoms with Crippen molar-refractivity contribution in [2.45, 2.75) is 17.4 Å². The van der Waals surface area contributed by atoms with E-state index in [4.69, 9.17) is 9.84 Å². The molecule has 38 heavy (non-hydrogen) atoms. The maximum atomic E-state index is 13.0. The summed E-state index contributed by atoms with van der Waals surface area (Å²) in [5, 5.41) is 13.9. The number of sulfonamides is 1. The molecule has 12 heteroatoms. The minimum atomic E-state index is -4.24. The van der Waals surface area contributed by atoms with Gasteiger partial charge in [0.2, 0.25) is 0 Å². The first kappa shape index (κ1) is 26.2. The van der Waals surface area contributed by atoms with Crippen molar-refractivity contribution >= 4 is 27.8 Å². The van der Waals surface area contributed by atoms with Gasteiger partial charge in [-0.25, -0.2) is 27.7 Å². The topological polar surface area (TPSA) is 152 Å². The zero-order chi connectivity index (χ0) is 27.1. The molecule has 1 heterocycles. The first-order valence-electron chi connectivity index (χ1n) is 11.4. The van der Waals surface area contributed by atoms with E-state index >= 15 is 0 Å². The number of hydrogen-bond acceptors (Lipinski definition) is 6. The second kappa shape index (κ2) is 11.5. The molecule has 1 aromatic heterocycles. The van der Waals surface area contributed by atoms with Gasteiger partial charge >= 0.3 is 12.1 Å². The molecule has 11 nitrogen and oxygen atoms in total. The van der Waals surface area contributed by atoms with Gasteiger partial charge in [-0.3, -0.25) is 5.32 Å². The maximum Gasteiger partial charge on any atom is 0.409 e. The molecule has 0 aliphatic carbocycles. The predicted octanol–water partition coefficient (Wildman–Crippen LogP) is 3.94. The average Bonchev–Trinajstić information content (AvgIpc) is 3.39. The van der Waals surface area contributed by atoms with Crippen LogP contribution in [0.3, 0.4) is 0 Å². The Labute approximate surface area is 219 Å². The van der Waals surface area contributed by atoms with Gasteiger partial charge in [0.15, 0.2) is 0 Å². The zero-order valence-electron chi connectivity index (χ0n) is 20.2. The van der Waals surface area contributed by atoms with Crippen molar-refractivity contribution < 1.29 is 27.9 Å². The number of benzene rings is 3. The summed E-state index contributed by atoms with van der Waals surface area (Å²) in [6, 6.07) is 20.3. The van der Waals surface area contributed by atoms with Gasteiger partial charge in [-0.15, -0.1) is 0 Å². The van der Waals surface area contributed by atoms with Crippen molar-refractivity contribution in [1.29, 1.82) is 0 Å². The van der Waals surface area contributed by atoms with Crippen LogP contribution in [-0.4, -0.2) is 42.3 Å². The molecule has 0 aliphatic rings. The highest BCUT2D eigenvalue weighted by molar-refractivity contribution is 7.90. The molecule has 0 aliphatic heterocycles. The highest BCUT2D eigenvalue weighted by atomic mass is 32.2. The lowest BCUT2D eigenvalue weighted by Gasteiger charge is -2.21. The Bertz CT molecular complexity index is 1520. The summed E-state index contributed by atoms with van der Waals surface area (Å²) in [6.07, 6.45) is 2.39. The smallest absolute Gasteiger partial charge is 0.409 e. The van der Waals surface area contributed by atoms with E-state index < -0.39 is 28.2 Å². The van der Waals surface area contributed by atoms with Crippen molar-refractivity contribution in [3.63, 3.8) is 0 Å². The normalized spacial score (nSPS) is 11.8. The number of anilines is 1. The van der Waals surface area contributed by atoms with Crippen LogP contribution in [0.25, 0.3) is 5.69 Å². The Hall–Kier alpha value is -4.84. The van der Waals surface area contributed by atoms with Gasteiger partial charge in [-0.1, -0.05) is 42.5 Å². The zero-order valence-corrected chi connectivity index (χ0v) is 21.1. The van der Waals surface area contributed by atoms with Crippen LogP contribution in [0.15, 0.2) is 96.2 Å². The molecule has 196 valence electrons. The Kier molecular flexibility index (Phi) is 7.92. The van der Waals surface area contributed by atoms with E-state index in [1.807, 2.05) is 30.3 Å².